The molecule has 1 saturated carbocycles. The Hall–Kier alpha value is -1.92. The number of hydrogen-bond acceptors (Lipinski definition) is 5. The zero-order valence-electron chi connectivity index (χ0n) is 11.6. The Morgan fingerprint density at radius 1 is 1.40 bits per heavy atom. The Morgan fingerprint density at radius 3 is 2.65 bits per heavy atom. The highest BCUT2D eigenvalue weighted by Crippen LogP contribution is 2.38. The highest BCUT2D eigenvalue weighted by atomic mass is 16.5. The first kappa shape index (κ1) is 14.5. The minimum absolute atomic E-state index is 0.163. The molecular formula is C13H19N3O4. The van der Waals surface area contributed by atoms with E-state index in [1.165, 1.54) is 0 Å². The molecular weight excluding hydrogens is 262 g/mol. The average molecular weight is 281 g/mol. The first-order valence-electron chi connectivity index (χ1n) is 6.81. The third kappa shape index (κ3) is 3.15. The highest BCUT2D eigenvalue weighted by Gasteiger charge is 2.41. The summed E-state index contributed by atoms with van der Waals surface area (Å²) < 4.78 is 4.81. The van der Waals surface area contributed by atoms with Gasteiger partial charge in [0, 0.05) is 6.92 Å². The fraction of sp³-hybridized carbons (Fsp3) is 0.692. The van der Waals surface area contributed by atoms with Gasteiger partial charge in [0.25, 0.3) is 0 Å². The summed E-state index contributed by atoms with van der Waals surface area (Å²) in [5.41, 5.74) is 0. The monoisotopic (exact) mass is 281 g/mol. The van der Waals surface area contributed by atoms with Crippen LogP contribution < -0.4 is 5.32 Å². The third-order valence-electron chi connectivity index (χ3n) is 3.88. The normalized spacial score (nSPS) is 25.6. The smallest absolute Gasteiger partial charge is 0.307 e. The lowest BCUT2D eigenvalue weighted by atomic mass is 9.95. The van der Waals surface area contributed by atoms with E-state index in [1.807, 2.05) is 6.92 Å². The minimum Gasteiger partial charge on any atom is -0.481 e. The van der Waals surface area contributed by atoms with Gasteiger partial charge in [-0.2, -0.15) is 4.98 Å². The van der Waals surface area contributed by atoms with Crippen molar-refractivity contribution in [2.24, 2.45) is 17.8 Å². The van der Waals surface area contributed by atoms with E-state index >= 15 is 0 Å². The molecule has 110 valence electrons. The van der Waals surface area contributed by atoms with Crippen LogP contribution in [-0.4, -0.2) is 27.1 Å². The number of aryl methyl sites for hydroxylation is 1. The van der Waals surface area contributed by atoms with E-state index in [4.69, 9.17) is 4.52 Å². The number of nitrogens with zero attached hydrogens (tertiary/aromatic N) is 2. The van der Waals surface area contributed by atoms with Crippen LogP contribution in [0.25, 0.3) is 0 Å². The van der Waals surface area contributed by atoms with Crippen molar-refractivity contribution in [1.82, 2.24) is 15.5 Å². The van der Waals surface area contributed by atoms with E-state index in [2.05, 4.69) is 15.5 Å². The first-order valence-corrected chi connectivity index (χ1v) is 6.81. The molecule has 2 rings (SSSR count). The van der Waals surface area contributed by atoms with E-state index in [1.54, 1.807) is 6.92 Å². The molecule has 1 amide bonds. The number of aliphatic carboxylic acids is 1. The van der Waals surface area contributed by atoms with Gasteiger partial charge in [-0.05, 0) is 18.8 Å². The third-order valence-corrected chi connectivity index (χ3v) is 3.88. The molecule has 0 aromatic carbocycles. The van der Waals surface area contributed by atoms with Crippen molar-refractivity contribution < 1.29 is 19.2 Å². The number of nitrogens with one attached hydrogen (secondary N) is 1. The topological polar surface area (TPSA) is 105 Å². The molecule has 0 radical (unpaired) electrons. The first-order chi connectivity index (χ1) is 9.51. The van der Waals surface area contributed by atoms with E-state index in [9.17, 15) is 14.7 Å². The molecule has 1 aromatic heterocycles. The SMILES string of the molecule is CCC1CC(C(=O)O)C(C(=O)NCc2noc(C)n2)C1. The van der Waals surface area contributed by atoms with Crippen molar-refractivity contribution in [3.63, 3.8) is 0 Å². The number of aromatic nitrogens is 2. The Kier molecular flexibility index (Phi) is 4.36. The lowest BCUT2D eigenvalue weighted by Gasteiger charge is -2.14. The zero-order chi connectivity index (χ0) is 14.7. The van der Waals surface area contributed by atoms with Crippen LogP contribution in [0.1, 0.15) is 37.9 Å². The predicted molar refractivity (Wildman–Crippen MR) is 68.5 cm³/mol. The van der Waals surface area contributed by atoms with Crippen LogP contribution in [-0.2, 0) is 16.1 Å². The van der Waals surface area contributed by atoms with Gasteiger partial charge in [-0.25, -0.2) is 0 Å². The van der Waals surface area contributed by atoms with Crippen molar-refractivity contribution in [3.05, 3.63) is 11.7 Å². The fourth-order valence-corrected chi connectivity index (χ4v) is 2.75. The molecule has 1 aliphatic rings. The van der Waals surface area contributed by atoms with Gasteiger partial charge in [-0.1, -0.05) is 18.5 Å². The van der Waals surface area contributed by atoms with Crippen LogP contribution in [0.15, 0.2) is 4.52 Å². The lowest BCUT2D eigenvalue weighted by Crippen LogP contribution is -2.35. The maximum Gasteiger partial charge on any atom is 0.307 e. The summed E-state index contributed by atoms with van der Waals surface area (Å²) in [6.45, 7) is 3.85. The molecule has 0 saturated heterocycles. The van der Waals surface area contributed by atoms with Gasteiger partial charge in [-0.15, -0.1) is 0 Å². The van der Waals surface area contributed by atoms with Crippen molar-refractivity contribution in [2.45, 2.75) is 39.7 Å². The molecule has 3 atom stereocenters. The van der Waals surface area contributed by atoms with Crippen molar-refractivity contribution >= 4 is 11.9 Å². The van der Waals surface area contributed by atoms with Gasteiger partial charge in [0.1, 0.15) is 0 Å². The molecule has 3 unspecified atom stereocenters. The molecule has 7 nitrogen and oxygen atoms in total. The zero-order valence-corrected chi connectivity index (χ0v) is 11.6. The Labute approximate surface area is 116 Å². The second-order valence-electron chi connectivity index (χ2n) is 5.24. The highest BCUT2D eigenvalue weighted by molar-refractivity contribution is 5.85. The fourth-order valence-electron chi connectivity index (χ4n) is 2.75. The summed E-state index contributed by atoms with van der Waals surface area (Å²) in [7, 11) is 0. The number of amides is 1. The van der Waals surface area contributed by atoms with Gasteiger partial charge in [-0.3, -0.25) is 9.59 Å². The Balaban J connectivity index is 1.95. The summed E-state index contributed by atoms with van der Waals surface area (Å²) >= 11 is 0. The number of carbonyl (C=O) groups excluding carboxylic acids is 1. The van der Waals surface area contributed by atoms with Crippen LogP contribution >= 0.6 is 0 Å². The summed E-state index contributed by atoms with van der Waals surface area (Å²) in [5, 5.41) is 15.6. The number of carbonyl (C=O) groups is 2. The Bertz CT molecular complexity index is 500. The molecule has 20 heavy (non-hydrogen) atoms. The maximum absolute atomic E-state index is 12.1. The molecule has 1 fully saturated rings. The average Bonchev–Trinajstić information content (AvgIpc) is 3.02. The summed E-state index contributed by atoms with van der Waals surface area (Å²) in [6, 6.07) is 0. The predicted octanol–water partition coefficient (Wildman–Crippen LogP) is 1.13. The molecule has 0 aliphatic heterocycles. The van der Waals surface area contributed by atoms with Crippen LogP contribution in [0.2, 0.25) is 0 Å². The molecule has 1 aliphatic carbocycles. The van der Waals surface area contributed by atoms with Crippen LogP contribution in [0.4, 0.5) is 0 Å². The minimum atomic E-state index is -0.892. The molecule has 1 aromatic rings. The molecule has 2 N–H and O–H groups in total. The van der Waals surface area contributed by atoms with E-state index in [0.717, 1.165) is 6.42 Å². The maximum atomic E-state index is 12.1. The van der Waals surface area contributed by atoms with Gasteiger partial charge in [0.2, 0.25) is 11.8 Å². The van der Waals surface area contributed by atoms with Crippen molar-refractivity contribution in [3.8, 4) is 0 Å². The van der Waals surface area contributed by atoms with E-state index in [-0.39, 0.29) is 12.5 Å². The largest absolute Gasteiger partial charge is 0.481 e. The van der Waals surface area contributed by atoms with Gasteiger partial charge < -0.3 is 14.9 Å². The summed E-state index contributed by atoms with van der Waals surface area (Å²) in [6.07, 6.45) is 2.10. The molecule has 7 heteroatoms. The molecule has 0 spiro atoms. The van der Waals surface area contributed by atoms with E-state index in [0.29, 0.717) is 30.5 Å². The van der Waals surface area contributed by atoms with Crippen LogP contribution in [0.3, 0.4) is 0 Å². The number of carboxylic acid groups (broad SMARTS) is 1. The second-order valence-corrected chi connectivity index (χ2v) is 5.24. The standard InChI is InChI=1S/C13H19N3O4/c1-3-8-4-9(10(5-8)13(18)19)12(17)14-6-11-15-7(2)20-16-11/h8-10H,3-6H2,1-2H3,(H,14,17)(H,18,19). The van der Waals surface area contributed by atoms with Crippen LogP contribution in [0.5, 0.6) is 0 Å². The Morgan fingerprint density at radius 2 is 2.10 bits per heavy atom. The molecule has 1 heterocycles. The number of hydrogen-bond donors (Lipinski definition) is 2. The second kappa shape index (κ2) is 6.02. The summed E-state index contributed by atoms with van der Waals surface area (Å²) in [4.78, 5) is 27.4. The van der Waals surface area contributed by atoms with Gasteiger partial charge >= 0.3 is 5.97 Å². The van der Waals surface area contributed by atoms with Gasteiger partial charge in [0.05, 0.1) is 18.4 Å². The van der Waals surface area contributed by atoms with E-state index < -0.39 is 17.8 Å². The van der Waals surface area contributed by atoms with Crippen LogP contribution in [0, 0.1) is 24.7 Å². The molecule has 0 bridgehead atoms. The number of carboxylic acids is 1. The van der Waals surface area contributed by atoms with Crippen molar-refractivity contribution in [2.75, 3.05) is 0 Å². The van der Waals surface area contributed by atoms with Gasteiger partial charge in [0.15, 0.2) is 5.82 Å². The lowest BCUT2D eigenvalue weighted by molar-refractivity contribution is -0.146. The van der Waals surface area contributed by atoms with Crippen molar-refractivity contribution in [1.29, 1.82) is 0 Å². The quantitative estimate of drug-likeness (QED) is 0.838. The number of rotatable bonds is 5. The summed E-state index contributed by atoms with van der Waals surface area (Å²) in [5.74, 6) is -1.05.